The number of halogens is 3. The standard InChI is InChI=1S/C18H18F3N3O4/c19-18(20,21)28-14-3-1-13(2-4-14)27-15-5-8-22-16(11-15)24-9-6-12(7-10-24)23-17(25)26/h1-5,8,11-12,23H,6-7,9-10H2,(H,25,26). The van der Waals surface area contributed by atoms with Crippen LogP contribution in [0.1, 0.15) is 12.8 Å². The molecule has 1 aromatic heterocycles. The Kier molecular flexibility index (Phi) is 5.76. The zero-order valence-electron chi connectivity index (χ0n) is 14.6. The summed E-state index contributed by atoms with van der Waals surface area (Å²) in [5, 5.41) is 11.3. The number of nitrogens with zero attached hydrogens (tertiary/aromatic N) is 2. The zero-order valence-corrected chi connectivity index (χ0v) is 14.6. The molecule has 0 unspecified atom stereocenters. The first kappa shape index (κ1) is 19.6. The van der Waals surface area contributed by atoms with Gasteiger partial charge < -0.3 is 24.8 Å². The summed E-state index contributed by atoms with van der Waals surface area (Å²) in [5.41, 5.74) is 0. The Morgan fingerprint density at radius 2 is 1.75 bits per heavy atom. The van der Waals surface area contributed by atoms with Crippen LogP contribution in [0, 0.1) is 0 Å². The van der Waals surface area contributed by atoms with Crippen LogP contribution in [0.15, 0.2) is 42.6 Å². The molecule has 1 aliphatic heterocycles. The summed E-state index contributed by atoms with van der Waals surface area (Å²) < 4.78 is 46.1. The number of pyridine rings is 1. The fraction of sp³-hybridized carbons (Fsp3) is 0.333. The van der Waals surface area contributed by atoms with Crippen LogP contribution < -0.4 is 19.7 Å². The lowest BCUT2D eigenvalue weighted by Crippen LogP contribution is -2.44. The van der Waals surface area contributed by atoms with Crippen LogP contribution in [-0.4, -0.2) is 41.7 Å². The molecule has 1 aromatic carbocycles. The Morgan fingerprint density at radius 3 is 2.36 bits per heavy atom. The number of alkyl halides is 3. The van der Waals surface area contributed by atoms with Gasteiger partial charge in [0.2, 0.25) is 0 Å². The third-order valence-electron chi connectivity index (χ3n) is 4.16. The van der Waals surface area contributed by atoms with Gasteiger partial charge in [0.15, 0.2) is 0 Å². The second kappa shape index (κ2) is 8.24. The van der Waals surface area contributed by atoms with Gasteiger partial charge in [-0.15, -0.1) is 13.2 Å². The van der Waals surface area contributed by atoms with E-state index in [9.17, 15) is 18.0 Å². The number of piperidine rings is 1. The van der Waals surface area contributed by atoms with Crippen molar-refractivity contribution >= 4 is 11.9 Å². The Bertz CT molecular complexity index is 806. The van der Waals surface area contributed by atoms with Gasteiger partial charge >= 0.3 is 12.5 Å². The van der Waals surface area contributed by atoms with Gasteiger partial charge in [-0.1, -0.05) is 0 Å². The Hall–Kier alpha value is -3.17. The first-order chi connectivity index (χ1) is 13.3. The number of nitrogens with one attached hydrogen (secondary N) is 1. The van der Waals surface area contributed by atoms with Gasteiger partial charge in [-0.3, -0.25) is 0 Å². The second-order valence-corrected chi connectivity index (χ2v) is 6.18. The number of rotatable bonds is 5. The maximum Gasteiger partial charge on any atom is 0.573 e. The Morgan fingerprint density at radius 1 is 1.11 bits per heavy atom. The molecule has 28 heavy (non-hydrogen) atoms. The highest BCUT2D eigenvalue weighted by atomic mass is 19.4. The minimum absolute atomic E-state index is 0.0781. The second-order valence-electron chi connectivity index (χ2n) is 6.18. The van der Waals surface area contributed by atoms with Crippen LogP contribution >= 0.6 is 0 Å². The van der Waals surface area contributed by atoms with E-state index in [1.165, 1.54) is 24.3 Å². The van der Waals surface area contributed by atoms with Gasteiger partial charge in [-0.2, -0.15) is 0 Å². The van der Waals surface area contributed by atoms with Crippen LogP contribution in [0.4, 0.5) is 23.8 Å². The number of benzene rings is 1. The lowest BCUT2D eigenvalue weighted by Gasteiger charge is -2.32. The van der Waals surface area contributed by atoms with Gasteiger partial charge in [-0.05, 0) is 43.2 Å². The summed E-state index contributed by atoms with van der Waals surface area (Å²) in [7, 11) is 0. The maximum absolute atomic E-state index is 12.2. The smallest absolute Gasteiger partial charge is 0.465 e. The molecule has 1 aliphatic rings. The first-order valence-corrected chi connectivity index (χ1v) is 8.52. The van der Waals surface area contributed by atoms with Gasteiger partial charge in [0.1, 0.15) is 23.1 Å². The van der Waals surface area contributed by atoms with Crippen molar-refractivity contribution in [2.75, 3.05) is 18.0 Å². The topological polar surface area (TPSA) is 83.9 Å². The summed E-state index contributed by atoms with van der Waals surface area (Å²) in [6.07, 6.45) is -2.86. The van der Waals surface area contributed by atoms with Crippen LogP contribution in [0.3, 0.4) is 0 Å². The molecule has 2 N–H and O–H groups in total. The van der Waals surface area contributed by atoms with Crippen molar-refractivity contribution in [3.8, 4) is 17.2 Å². The first-order valence-electron chi connectivity index (χ1n) is 8.52. The normalized spacial score (nSPS) is 15.2. The molecular weight excluding hydrogens is 379 g/mol. The molecule has 1 fully saturated rings. The van der Waals surface area contributed by atoms with Crippen LogP contribution in [-0.2, 0) is 0 Å². The number of aromatic nitrogens is 1. The molecule has 150 valence electrons. The Balaban J connectivity index is 1.60. The molecule has 3 rings (SSSR count). The quantitative estimate of drug-likeness (QED) is 0.793. The van der Waals surface area contributed by atoms with E-state index in [-0.39, 0.29) is 11.8 Å². The molecule has 2 heterocycles. The molecular formula is C18H18F3N3O4. The summed E-state index contributed by atoms with van der Waals surface area (Å²) in [5.74, 6) is 1.20. The number of carbonyl (C=O) groups is 1. The van der Waals surface area contributed by atoms with E-state index in [1.54, 1.807) is 18.3 Å². The predicted octanol–water partition coefficient (Wildman–Crippen LogP) is 4.01. The van der Waals surface area contributed by atoms with Crippen LogP contribution in [0.2, 0.25) is 0 Å². The summed E-state index contributed by atoms with van der Waals surface area (Å²) in [4.78, 5) is 17.0. The third-order valence-corrected chi connectivity index (χ3v) is 4.16. The summed E-state index contributed by atoms with van der Waals surface area (Å²) in [6.45, 7) is 1.29. The SMILES string of the molecule is O=C(O)NC1CCN(c2cc(Oc3ccc(OC(F)(F)F)cc3)ccn2)CC1. The number of anilines is 1. The number of amides is 1. The van der Waals surface area contributed by atoms with Crippen molar-refractivity contribution in [3.63, 3.8) is 0 Å². The average Bonchev–Trinajstić information content (AvgIpc) is 2.63. The number of hydrogen-bond donors (Lipinski definition) is 2. The molecule has 1 amide bonds. The van der Waals surface area contributed by atoms with E-state index in [0.717, 1.165) is 0 Å². The molecule has 7 nitrogen and oxygen atoms in total. The highest BCUT2D eigenvalue weighted by Gasteiger charge is 2.31. The largest absolute Gasteiger partial charge is 0.573 e. The zero-order chi connectivity index (χ0) is 20.1. The third kappa shape index (κ3) is 5.66. The maximum atomic E-state index is 12.2. The Labute approximate surface area is 158 Å². The molecule has 0 aliphatic carbocycles. The van der Waals surface area contributed by atoms with E-state index < -0.39 is 12.5 Å². The average molecular weight is 397 g/mol. The number of carboxylic acid groups (broad SMARTS) is 1. The fourth-order valence-corrected chi connectivity index (χ4v) is 2.91. The molecule has 0 bridgehead atoms. The molecule has 0 atom stereocenters. The molecule has 2 aromatic rings. The number of ether oxygens (including phenoxy) is 2. The van der Waals surface area contributed by atoms with E-state index >= 15 is 0 Å². The highest BCUT2D eigenvalue weighted by molar-refractivity contribution is 5.64. The fourth-order valence-electron chi connectivity index (χ4n) is 2.91. The highest BCUT2D eigenvalue weighted by Crippen LogP contribution is 2.29. The summed E-state index contributed by atoms with van der Waals surface area (Å²) in [6, 6.07) is 8.39. The van der Waals surface area contributed by atoms with Crippen LogP contribution in [0.5, 0.6) is 17.2 Å². The lowest BCUT2D eigenvalue weighted by atomic mass is 10.1. The van der Waals surface area contributed by atoms with Crippen molar-refractivity contribution in [1.82, 2.24) is 10.3 Å². The summed E-state index contributed by atoms with van der Waals surface area (Å²) >= 11 is 0. The van der Waals surface area contributed by atoms with E-state index in [4.69, 9.17) is 9.84 Å². The minimum atomic E-state index is -4.74. The van der Waals surface area contributed by atoms with Gasteiger partial charge in [-0.25, -0.2) is 9.78 Å². The van der Waals surface area contributed by atoms with E-state index in [1.807, 2.05) is 4.90 Å². The molecule has 0 radical (unpaired) electrons. The van der Waals surface area contributed by atoms with E-state index in [2.05, 4.69) is 15.0 Å². The van der Waals surface area contributed by atoms with E-state index in [0.29, 0.717) is 43.2 Å². The van der Waals surface area contributed by atoms with Crippen molar-refractivity contribution < 1.29 is 32.5 Å². The van der Waals surface area contributed by atoms with Crippen molar-refractivity contribution in [2.45, 2.75) is 25.2 Å². The monoisotopic (exact) mass is 397 g/mol. The van der Waals surface area contributed by atoms with Crippen LogP contribution in [0.25, 0.3) is 0 Å². The van der Waals surface area contributed by atoms with Gasteiger partial charge in [0.05, 0.1) is 0 Å². The van der Waals surface area contributed by atoms with Crippen molar-refractivity contribution in [3.05, 3.63) is 42.6 Å². The van der Waals surface area contributed by atoms with Crippen molar-refractivity contribution in [2.24, 2.45) is 0 Å². The predicted molar refractivity (Wildman–Crippen MR) is 93.8 cm³/mol. The molecule has 0 spiro atoms. The molecule has 1 saturated heterocycles. The van der Waals surface area contributed by atoms with Gasteiger partial charge in [0.25, 0.3) is 0 Å². The van der Waals surface area contributed by atoms with Gasteiger partial charge in [0, 0.05) is 31.4 Å². The minimum Gasteiger partial charge on any atom is -0.465 e. The molecule has 0 saturated carbocycles. The number of hydrogen-bond acceptors (Lipinski definition) is 5. The van der Waals surface area contributed by atoms with Crippen molar-refractivity contribution in [1.29, 1.82) is 0 Å². The molecule has 10 heteroatoms. The lowest BCUT2D eigenvalue weighted by molar-refractivity contribution is -0.274.